The van der Waals surface area contributed by atoms with Crippen LogP contribution in [0, 0.1) is 11.8 Å². The Balaban J connectivity index is 1.98. The number of aldehydes is 1. The molecule has 1 heterocycles. The van der Waals surface area contributed by atoms with Gasteiger partial charge in [-0.2, -0.15) is 0 Å². The van der Waals surface area contributed by atoms with Crippen molar-refractivity contribution in [3.63, 3.8) is 0 Å². The predicted molar refractivity (Wildman–Crippen MR) is 128 cm³/mol. The maximum atomic E-state index is 12.8. The third kappa shape index (κ3) is 8.85. The third-order valence-electron chi connectivity index (χ3n) is 5.47. The molecule has 1 aromatic rings. The Kier molecular flexibility index (Phi) is 10.4. The van der Waals surface area contributed by atoms with E-state index in [9.17, 15) is 18.0 Å². The lowest BCUT2D eigenvalue weighted by atomic mass is 10.0. The van der Waals surface area contributed by atoms with Gasteiger partial charge in [0, 0.05) is 13.1 Å². The Labute approximate surface area is 197 Å². The van der Waals surface area contributed by atoms with Crippen molar-refractivity contribution < 1.29 is 18.0 Å². The van der Waals surface area contributed by atoms with E-state index in [1.807, 2.05) is 32.7 Å². The molecule has 0 bridgehead atoms. The number of piperidine rings is 1. The fraction of sp³-hybridized carbons (Fsp3) is 0.652. The lowest BCUT2D eigenvalue weighted by Gasteiger charge is -2.24. The van der Waals surface area contributed by atoms with Gasteiger partial charge in [0.25, 0.3) is 0 Å². The second kappa shape index (κ2) is 12.8. The molecule has 1 aromatic carbocycles. The largest absolute Gasteiger partial charge is 0.345 e. The Morgan fingerprint density at radius 2 is 1.73 bits per heavy atom. The molecule has 33 heavy (non-hydrogen) atoms. The van der Waals surface area contributed by atoms with Crippen LogP contribution in [0.15, 0.2) is 39.5 Å². The van der Waals surface area contributed by atoms with E-state index in [1.54, 1.807) is 12.1 Å². The van der Waals surface area contributed by atoms with Gasteiger partial charge in [0.15, 0.2) is 9.84 Å². The molecule has 0 spiro atoms. The number of carbonyl (C=O) groups is 2. The summed E-state index contributed by atoms with van der Waals surface area (Å²) in [5, 5.41) is 15.9. The van der Waals surface area contributed by atoms with Crippen LogP contribution in [0.5, 0.6) is 0 Å². The minimum absolute atomic E-state index is 0.139. The molecule has 0 aliphatic carbocycles. The van der Waals surface area contributed by atoms with Crippen LogP contribution in [0.25, 0.3) is 0 Å². The summed E-state index contributed by atoms with van der Waals surface area (Å²) >= 11 is 0. The summed E-state index contributed by atoms with van der Waals surface area (Å²) in [4.78, 5) is 24.1. The van der Waals surface area contributed by atoms with E-state index >= 15 is 0 Å². The summed E-state index contributed by atoms with van der Waals surface area (Å²) in [6.45, 7) is 9.35. The van der Waals surface area contributed by atoms with Crippen molar-refractivity contribution in [2.24, 2.45) is 22.2 Å². The average molecular weight is 480 g/mol. The molecule has 10 heteroatoms. The number of nitrogens with one attached hydrogen (secondary N) is 2. The van der Waals surface area contributed by atoms with E-state index in [0.29, 0.717) is 12.1 Å². The highest BCUT2D eigenvalue weighted by atomic mass is 32.2. The van der Waals surface area contributed by atoms with Gasteiger partial charge in [-0.3, -0.25) is 15.1 Å². The highest BCUT2D eigenvalue weighted by Gasteiger charge is 2.26. The van der Waals surface area contributed by atoms with E-state index in [0.717, 1.165) is 32.2 Å². The van der Waals surface area contributed by atoms with Gasteiger partial charge in [0.05, 0.1) is 22.7 Å². The van der Waals surface area contributed by atoms with Crippen LogP contribution >= 0.6 is 0 Å². The van der Waals surface area contributed by atoms with E-state index < -0.39 is 27.8 Å². The standard InChI is InChI=1S/C23H37N5O4S/c1-17(2)14-20(15-29)25-23(30)22(18(3)4)24-16-33(31,32)21-10-8-19(9-11-21)26-27-28-12-6-5-7-13-28/h8-11,15,17-18,20,22,24H,5-7,12-14,16H2,1-4H3,(H,25,30)/t20-,22-/m0/s1. The summed E-state index contributed by atoms with van der Waals surface area (Å²) in [7, 11) is -3.67. The van der Waals surface area contributed by atoms with Crippen LogP contribution in [0.3, 0.4) is 0 Å². The number of amides is 1. The number of sulfone groups is 1. The second-order valence-corrected chi connectivity index (χ2v) is 11.3. The van der Waals surface area contributed by atoms with Crippen LogP contribution in [0.4, 0.5) is 5.69 Å². The van der Waals surface area contributed by atoms with Gasteiger partial charge >= 0.3 is 0 Å². The van der Waals surface area contributed by atoms with Gasteiger partial charge < -0.3 is 10.1 Å². The topological polar surface area (TPSA) is 120 Å². The summed E-state index contributed by atoms with van der Waals surface area (Å²) in [5.41, 5.74) is 0.581. The molecular weight excluding hydrogens is 442 g/mol. The maximum absolute atomic E-state index is 12.8. The predicted octanol–water partition coefficient (Wildman–Crippen LogP) is 3.25. The fourth-order valence-electron chi connectivity index (χ4n) is 3.64. The molecule has 2 N–H and O–H groups in total. The first-order valence-electron chi connectivity index (χ1n) is 11.6. The van der Waals surface area contributed by atoms with Crippen LogP contribution < -0.4 is 10.6 Å². The zero-order valence-electron chi connectivity index (χ0n) is 20.0. The van der Waals surface area contributed by atoms with Crippen LogP contribution in [0.1, 0.15) is 53.4 Å². The molecule has 9 nitrogen and oxygen atoms in total. The zero-order valence-corrected chi connectivity index (χ0v) is 20.8. The zero-order chi connectivity index (χ0) is 24.4. The molecule has 1 aliphatic heterocycles. The van der Waals surface area contributed by atoms with Gasteiger partial charge in [-0.05, 0) is 61.8 Å². The molecule has 0 aromatic heterocycles. The van der Waals surface area contributed by atoms with E-state index in [2.05, 4.69) is 21.0 Å². The fourth-order valence-corrected chi connectivity index (χ4v) is 4.76. The van der Waals surface area contributed by atoms with Crippen molar-refractivity contribution in [1.82, 2.24) is 15.6 Å². The third-order valence-corrected chi connectivity index (χ3v) is 7.01. The minimum atomic E-state index is -3.67. The first-order chi connectivity index (χ1) is 15.6. The maximum Gasteiger partial charge on any atom is 0.237 e. The molecule has 0 saturated carbocycles. The number of nitrogens with zero attached hydrogens (tertiary/aromatic N) is 3. The first kappa shape index (κ1) is 26.9. The Bertz CT molecular complexity index is 894. The number of hydrogen-bond donors (Lipinski definition) is 2. The Morgan fingerprint density at radius 3 is 2.27 bits per heavy atom. The lowest BCUT2D eigenvalue weighted by Crippen LogP contribution is -2.52. The molecule has 1 fully saturated rings. The van der Waals surface area contributed by atoms with Gasteiger partial charge in [-0.15, -0.1) is 5.11 Å². The van der Waals surface area contributed by atoms with E-state index in [4.69, 9.17) is 0 Å². The van der Waals surface area contributed by atoms with Crippen molar-refractivity contribution in [2.45, 2.75) is 70.4 Å². The number of hydrogen-bond acceptors (Lipinski definition) is 7. The summed E-state index contributed by atoms with van der Waals surface area (Å²) in [6.07, 6.45) is 4.66. The number of rotatable bonds is 12. The number of carbonyl (C=O) groups excluding carboxylic acids is 2. The normalized spacial score (nSPS) is 16.8. The minimum Gasteiger partial charge on any atom is -0.345 e. The second-order valence-electron chi connectivity index (χ2n) is 9.26. The molecule has 2 atom stereocenters. The Morgan fingerprint density at radius 1 is 1.09 bits per heavy atom. The van der Waals surface area contributed by atoms with Gasteiger partial charge in [-0.25, -0.2) is 8.42 Å². The number of benzene rings is 1. The van der Waals surface area contributed by atoms with Crippen LogP contribution in [-0.4, -0.2) is 56.7 Å². The molecule has 1 saturated heterocycles. The first-order valence-corrected chi connectivity index (χ1v) is 13.3. The molecule has 184 valence electrons. The summed E-state index contributed by atoms with van der Waals surface area (Å²) in [5.74, 6) is -0.697. The monoisotopic (exact) mass is 479 g/mol. The SMILES string of the molecule is CC(C)C[C@@H](C=O)NC(=O)[C@@H](NCS(=O)(=O)c1ccc(N=NN2CCCCC2)cc1)C(C)C. The van der Waals surface area contributed by atoms with Crippen LogP contribution in [-0.2, 0) is 19.4 Å². The van der Waals surface area contributed by atoms with Crippen LogP contribution in [0.2, 0.25) is 0 Å². The molecule has 2 rings (SSSR count). The molecule has 0 radical (unpaired) electrons. The van der Waals surface area contributed by atoms with E-state index in [1.165, 1.54) is 18.6 Å². The highest BCUT2D eigenvalue weighted by molar-refractivity contribution is 7.91. The van der Waals surface area contributed by atoms with Crippen molar-refractivity contribution in [3.05, 3.63) is 24.3 Å². The Hall–Kier alpha value is -2.33. The average Bonchev–Trinajstić information content (AvgIpc) is 2.77. The van der Waals surface area contributed by atoms with Crippen molar-refractivity contribution in [3.8, 4) is 0 Å². The molecule has 0 unspecified atom stereocenters. The summed E-state index contributed by atoms with van der Waals surface area (Å²) < 4.78 is 25.6. The van der Waals surface area contributed by atoms with Crippen molar-refractivity contribution in [1.29, 1.82) is 0 Å². The molecule has 1 amide bonds. The quantitative estimate of drug-likeness (QED) is 0.351. The van der Waals surface area contributed by atoms with Crippen molar-refractivity contribution >= 4 is 27.7 Å². The van der Waals surface area contributed by atoms with E-state index in [-0.39, 0.29) is 22.6 Å². The van der Waals surface area contributed by atoms with Crippen molar-refractivity contribution in [2.75, 3.05) is 19.0 Å². The smallest absolute Gasteiger partial charge is 0.237 e. The van der Waals surface area contributed by atoms with Gasteiger partial charge in [-0.1, -0.05) is 32.9 Å². The molecule has 1 aliphatic rings. The van der Waals surface area contributed by atoms with Gasteiger partial charge in [0.2, 0.25) is 5.91 Å². The summed E-state index contributed by atoms with van der Waals surface area (Å²) in [6, 6.07) is 4.89. The molecular formula is C23H37N5O4S. The lowest BCUT2D eigenvalue weighted by molar-refractivity contribution is -0.126. The van der Waals surface area contributed by atoms with Gasteiger partial charge in [0.1, 0.15) is 12.2 Å². The highest BCUT2D eigenvalue weighted by Crippen LogP contribution is 2.19.